The highest BCUT2D eigenvalue weighted by Crippen LogP contribution is 2.34. The first-order valence-corrected chi connectivity index (χ1v) is 9.38. The van der Waals surface area contributed by atoms with Crippen LogP contribution in [0.4, 0.5) is 0 Å². The Morgan fingerprint density at radius 3 is 2.68 bits per heavy atom. The molecule has 1 fully saturated rings. The van der Waals surface area contributed by atoms with Gasteiger partial charge in [0.05, 0.1) is 11.7 Å². The third-order valence-electron chi connectivity index (χ3n) is 4.25. The lowest BCUT2D eigenvalue weighted by Gasteiger charge is -2.21. The maximum Gasteiger partial charge on any atom is 0.261 e. The number of nitrogens with one attached hydrogen (secondary N) is 1. The van der Waals surface area contributed by atoms with Gasteiger partial charge in [0.2, 0.25) is 0 Å². The minimum Gasteiger partial charge on any atom is -0.241 e. The third kappa shape index (κ3) is 2.92. The fourth-order valence-electron chi connectivity index (χ4n) is 3.06. The quantitative estimate of drug-likeness (QED) is 0.764. The summed E-state index contributed by atoms with van der Waals surface area (Å²) >= 11 is 0. The summed E-state index contributed by atoms with van der Waals surface area (Å²) in [6, 6.07) is 14.1. The van der Waals surface area contributed by atoms with Gasteiger partial charge >= 0.3 is 0 Å². The highest BCUT2D eigenvalue weighted by atomic mass is 32.2. The van der Waals surface area contributed by atoms with E-state index >= 15 is 0 Å². The zero-order valence-electron chi connectivity index (χ0n) is 13.3. The fourth-order valence-corrected chi connectivity index (χ4v) is 4.67. The van der Waals surface area contributed by atoms with Gasteiger partial charge in [0, 0.05) is 12.1 Å². The van der Waals surface area contributed by atoms with Crippen molar-refractivity contribution in [3.8, 4) is 11.3 Å². The molecule has 2 aromatic heterocycles. The number of aromatic amines is 1. The first kappa shape index (κ1) is 15.9. The summed E-state index contributed by atoms with van der Waals surface area (Å²) in [6.07, 6.45) is 1.43. The summed E-state index contributed by atoms with van der Waals surface area (Å²) in [7, 11) is -3.74. The number of pyridine rings is 1. The Morgan fingerprint density at radius 1 is 1.08 bits per heavy atom. The van der Waals surface area contributed by atoms with E-state index in [1.165, 1.54) is 10.4 Å². The predicted octanol–water partition coefficient (Wildman–Crippen LogP) is 1.79. The van der Waals surface area contributed by atoms with E-state index in [2.05, 4.69) is 25.6 Å². The maximum atomic E-state index is 13.1. The van der Waals surface area contributed by atoms with Gasteiger partial charge in [-0.2, -0.15) is 4.31 Å². The van der Waals surface area contributed by atoms with Crippen LogP contribution in [-0.4, -0.2) is 44.9 Å². The first-order chi connectivity index (χ1) is 12.2. The van der Waals surface area contributed by atoms with Crippen molar-refractivity contribution >= 4 is 10.0 Å². The minimum absolute atomic E-state index is 0.0354. The minimum atomic E-state index is -3.74. The van der Waals surface area contributed by atoms with E-state index in [1.807, 2.05) is 30.3 Å². The molecule has 0 bridgehead atoms. The second kappa shape index (κ2) is 6.34. The van der Waals surface area contributed by atoms with Gasteiger partial charge in [-0.05, 0) is 35.4 Å². The molecule has 3 aromatic rings. The van der Waals surface area contributed by atoms with Gasteiger partial charge in [-0.25, -0.2) is 18.5 Å². The van der Waals surface area contributed by atoms with E-state index in [0.717, 1.165) is 12.0 Å². The van der Waals surface area contributed by atoms with Crippen LogP contribution < -0.4 is 0 Å². The molecule has 8 nitrogen and oxygen atoms in total. The van der Waals surface area contributed by atoms with Crippen LogP contribution >= 0.6 is 0 Å². The summed E-state index contributed by atoms with van der Waals surface area (Å²) in [4.78, 5) is 4.38. The van der Waals surface area contributed by atoms with Gasteiger partial charge in [0.15, 0.2) is 10.9 Å². The van der Waals surface area contributed by atoms with Crippen molar-refractivity contribution in [2.75, 3.05) is 6.54 Å². The highest BCUT2D eigenvalue weighted by Gasteiger charge is 2.38. The number of aromatic nitrogens is 5. The molecular formula is C16H16N6O2S. The van der Waals surface area contributed by atoms with Gasteiger partial charge in [-0.15, -0.1) is 5.10 Å². The molecular weight excluding hydrogens is 340 g/mol. The fraction of sp³-hybridized carbons (Fsp3) is 0.250. The highest BCUT2D eigenvalue weighted by molar-refractivity contribution is 7.89. The van der Waals surface area contributed by atoms with Gasteiger partial charge in [-0.3, -0.25) is 0 Å². The molecule has 1 aliphatic heterocycles. The summed E-state index contributed by atoms with van der Waals surface area (Å²) in [6.45, 7) is 0.422. The van der Waals surface area contributed by atoms with E-state index in [4.69, 9.17) is 0 Å². The van der Waals surface area contributed by atoms with Crippen LogP contribution in [0.25, 0.3) is 11.3 Å². The van der Waals surface area contributed by atoms with Crippen molar-refractivity contribution in [3.63, 3.8) is 0 Å². The monoisotopic (exact) mass is 356 g/mol. The topological polar surface area (TPSA) is 105 Å². The van der Waals surface area contributed by atoms with Gasteiger partial charge in [-0.1, -0.05) is 36.4 Å². The summed E-state index contributed by atoms with van der Waals surface area (Å²) < 4.78 is 27.6. The predicted molar refractivity (Wildman–Crippen MR) is 89.7 cm³/mol. The van der Waals surface area contributed by atoms with Gasteiger partial charge < -0.3 is 0 Å². The normalized spacial score (nSPS) is 18.5. The lowest BCUT2D eigenvalue weighted by molar-refractivity contribution is 0.382. The largest absolute Gasteiger partial charge is 0.261 e. The Morgan fingerprint density at radius 2 is 1.92 bits per heavy atom. The molecule has 9 heteroatoms. The second-order valence-electron chi connectivity index (χ2n) is 5.79. The number of rotatable bonds is 4. The number of sulfonamides is 1. The molecule has 0 amide bonds. The molecule has 3 heterocycles. The van der Waals surface area contributed by atoms with Crippen LogP contribution in [0.15, 0.2) is 53.6 Å². The maximum absolute atomic E-state index is 13.1. The van der Waals surface area contributed by atoms with E-state index in [0.29, 0.717) is 24.5 Å². The molecule has 128 valence electrons. The van der Waals surface area contributed by atoms with Crippen molar-refractivity contribution in [2.24, 2.45) is 0 Å². The number of tetrazole rings is 1. The lowest BCUT2D eigenvalue weighted by atomic mass is 10.1. The van der Waals surface area contributed by atoms with Crippen molar-refractivity contribution in [1.29, 1.82) is 0 Å². The average Bonchev–Trinajstić information content (AvgIpc) is 3.34. The van der Waals surface area contributed by atoms with Crippen LogP contribution in [0.5, 0.6) is 0 Å². The van der Waals surface area contributed by atoms with Crippen LogP contribution in [0.2, 0.25) is 0 Å². The average molecular weight is 356 g/mol. The Bertz CT molecular complexity index is 959. The smallest absolute Gasteiger partial charge is 0.241 e. The molecule has 4 rings (SSSR count). The molecule has 1 N–H and O–H groups in total. The number of hydrogen-bond donors (Lipinski definition) is 1. The van der Waals surface area contributed by atoms with Gasteiger partial charge in [0.25, 0.3) is 10.0 Å². The van der Waals surface area contributed by atoms with Crippen LogP contribution in [-0.2, 0) is 10.0 Å². The number of hydrogen-bond acceptors (Lipinski definition) is 6. The number of nitrogens with zero attached hydrogens (tertiary/aromatic N) is 5. The first-order valence-electron chi connectivity index (χ1n) is 7.94. The molecule has 1 aliphatic rings. The zero-order chi connectivity index (χ0) is 17.3. The SMILES string of the molecule is O=S(=O)(c1cccc(-c2ccccc2)n1)N1CCC[C@H]1c1nnn[nH]1. The van der Waals surface area contributed by atoms with Crippen molar-refractivity contribution < 1.29 is 8.42 Å². The molecule has 0 unspecified atom stereocenters. The van der Waals surface area contributed by atoms with Crippen LogP contribution in [0.1, 0.15) is 24.7 Å². The molecule has 1 aromatic carbocycles. The van der Waals surface area contributed by atoms with Crippen molar-refractivity contribution in [1.82, 2.24) is 29.9 Å². The third-order valence-corrected chi connectivity index (χ3v) is 6.06. The zero-order valence-corrected chi connectivity index (χ0v) is 14.1. The van der Waals surface area contributed by atoms with E-state index in [1.54, 1.807) is 12.1 Å². The van der Waals surface area contributed by atoms with E-state index < -0.39 is 10.0 Å². The standard InChI is InChI=1S/C16H16N6O2S/c23-25(24,22-11-5-9-14(22)16-18-20-21-19-16)15-10-4-8-13(17-15)12-6-2-1-3-7-12/h1-4,6-8,10,14H,5,9,11H2,(H,18,19,20,21)/t14-/m0/s1. The Hall–Kier alpha value is -2.65. The Balaban J connectivity index is 1.71. The van der Waals surface area contributed by atoms with Crippen LogP contribution in [0, 0.1) is 0 Å². The van der Waals surface area contributed by atoms with E-state index in [-0.39, 0.29) is 11.1 Å². The molecule has 25 heavy (non-hydrogen) atoms. The lowest BCUT2D eigenvalue weighted by Crippen LogP contribution is -2.31. The number of H-pyrrole nitrogens is 1. The van der Waals surface area contributed by atoms with Crippen molar-refractivity contribution in [2.45, 2.75) is 23.9 Å². The Labute approximate surface area is 145 Å². The molecule has 0 spiro atoms. The second-order valence-corrected chi connectivity index (χ2v) is 7.62. The summed E-state index contributed by atoms with van der Waals surface area (Å²) in [5.41, 5.74) is 1.50. The summed E-state index contributed by atoms with van der Waals surface area (Å²) in [5, 5.41) is 13.7. The van der Waals surface area contributed by atoms with E-state index in [9.17, 15) is 8.42 Å². The molecule has 1 atom stereocenters. The van der Waals surface area contributed by atoms with Crippen LogP contribution in [0.3, 0.4) is 0 Å². The van der Waals surface area contributed by atoms with Gasteiger partial charge in [0.1, 0.15) is 0 Å². The Kier molecular flexibility index (Phi) is 4.02. The molecule has 0 radical (unpaired) electrons. The van der Waals surface area contributed by atoms with Crippen molar-refractivity contribution in [3.05, 3.63) is 54.4 Å². The summed E-state index contributed by atoms with van der Waals surface area (Å²) in [5.74, 6) is 0.459. The molecule has 0 saturated carbocycles. The number of benzene rings is 1. The molecule has 0 aliphatic carbocycles. The molecule has 1 saturated heterocycles.